The summed E-state index contributed by atoms with van der Waals surface area (Å²) < 4.78 is 42.0. The van der Waals surface area contributed by atoms with Gasteiger partial charge in [0.25, 0.3) is 5.91 Å². The van der Waals surface area contributed by atoms with Gasteiger partial charge in [0.15, 0.2) is 17.0 Å². The fourth-order valence-electron chi connectivity index (χ4n) is 3.21. The number of rotatable bonds is 5. The Morgan fingerprint density at radius 2 is 1.88 bits per heavy atom. The molecule has 0 fully saturated rings. The zero-order chi connectivity index (χ0) is 23.8. The maximum absolute atomic E-state index is 13.8. The molecule has 1 aromatic carbocycles. The molecule has 0 saturated carbocycles. The van der Waals surface area contributed by atoms with E-state index in [1.54, 1.807) is 19.3 Å². The van der Waals surface area contributed by atoms with Crippen LogP contribution in [0.1, 0.15) is 21.9 Å². The Morgan fingerprint density at radius 1 is 1.09 bits per heavy atom. The van der Waals surface area contributed by atoms with Gasteiger partial charge in [0, 0.05) is 43.5 Å². The third kappa shape index (κ3) is 4.94. The van der Waals surface area contributed by atoms with Crippen molar-refractivity contribution in [3.05, 3.63) is 81.9 Å². The molecule has 0 bridgehead atoms. The molecule has 0 aliphatic carbocycles. The molecule has 11 heteroatoms. The van der Waals surface area contributed by atoms with Crippen LogP contribution >= 0.6 is 23.2 Å². The van der Waals surface area contributed by atoms with Crippen molar-refractivity contribution in [3.8, 4) is 11.3 Å². The Morgan fingerprint density at radius 3 is 2.55 bits per heavy atom. The highest BCUT2D eigenvalue weighted by atomic mass is 35.5. The van der Waals surface area contributed by atoms with Crippen LogP contribution < -0.4 is 0 Å². The molecule has 4 rings (SSSR count). The number of carbonyl (C=O) groups excluding carboxylic acids is 1. The first kappa shape index (κ1) is 23.0. The lowest BCUT2D eigenvalue weighted by molar-refractivity contribution is -0.142. The number of amides is 1. The normalized spacial score (nSPS) is 11.7. The number of hydrogen-bond donors (Lipinski definition) is 0. The van der Waals surface area contributed by atoms with E-state index in [2.05, 4.69) is 15.1 Å². The number of alkyl halides is 3. The van der Waals surface area contributed by atoms with Crippen molar-refractivity contribution in [3.63, 3.8) is 0 Å². The molecule has 0 saturated heterocycles. The molecular formula is C22H16Cl2F3N5O. The number of pyridine rings is 1. The molecule has 6 nitrogen and oxygen atoms in total. The van der Waals surface area contributed by atoms with Gasteiger partial charge < -0.3 is 4.90 Å². The van der Waals surface area contributed by atoms with Crippen LogP contribution in [-0.4, -0.2) is 44.0 Å². The highest BCUT2D eigenvalue weighted by molar-refractivity contribution is 6.42. The molecule has 4 aromatic rings. The van der Waals surface area contributed by atoms with Crippen LogP contribution in [0.25, 0.3) is 16.9 Å². The number of halogens is 5. The molecule has 33 heavy (non-hydrogen) atoms. The Kier molecular flexibility index (Phi) is 6.27. The molecule has 170 valence electrons. The van der Waals surface area contributed by atoms with E-state index in [4.69, 9.17) is 23.2 Å². The Hall–Kier alpha value is -3.17. The van der Waals surface area contributed by atoms with E-state index in [0.717, 1.165) is 11.8 Å². The SMILES string of the molecule is CN(CCc1ccccn1)C(=O)c1cc2nc(-c3ccc(Cl)c(Cl)c3)cc(C(F)(F)F)n2n1. The van der Waals surface area contributed by atoms with E-state index >= 15 is 0 Å². The monoisotopic (exact) mass is 493 g/mol. The lowest BCUT2D eigenvalue weighted by Gasteiger charge is -2.15. The zero-order valence-corrected chi connectivity index (χ0v) is 18.7. The van der Waals surface area contributed by atoms with Crippen molar-refractivity contribution < 1.29 is 18.0 Å². The third-order valence-corrected chi connectivity index (χ3v) is 5.67. The first-order valence-corrected chi connectivity index (χ1v) is 10.5. The molecule has 0 radical (unpaired) electrons. The number of carbonyl (C=O) groups is 1. The zero-order valence-electron chi connectivity index (χ0n) is 17.1. The molecule has 3 heterocycles. The smallest absolute Gasteiger partial charge is 0.340 e. The van der Waals surface area contributed by atoms with Crippen molar-refractivity contribution in [1.29, 1.82) is 0 Å². The second-order valence-electron chi connectivity index (χ2n) is 7.25. The van der Waals surface area contributed by atoms with Gasteiger partial charge in [0.05, 0.1) is 15.7 Å². The van der Waals surface area contributed by atoms with E-state index in [1.165, 1.54) is 29.2 Å². The maximum atomic E-state index is 13.8. The van der Waals surface area contributed by atoms with E-state index in [0.29, 0.717) is 23.0 Å². The van der Waals surface area contributed by atoms with Crippen molar-refractivity contribution in [2.75, 3.05) is 13.6 Å². The average Bonchev–Trinajstić information content (AvgIpc) is 3.22. The fourth-order valence-corrected chi connectivity index (χ4v) is 3.51. The van der Waals surface area contributed by atoms with Crippen LogP contribution in [0, 0.1) is 0 Å². The summed E-state index contributed by atoms with van der Waals surface area (Å²) in [5.41, 5.74) is -0.173. The molecule has 3 aromatic heterocycles. The van der Waals surface area contributed by atoms with E-state index in [-0.39, 0.29) is 27.1 Å². The molecule has 0 aliphatic rings. The van der Waals surface area contributed by atoms with Gasteiger partial charge in [0.1, 0.15) is 0 Å². The van der Waals surface area contributed by atoms with Crippen LogP contribution in [0.4, 0.5) is 13.2 Å². The summed E-state index contributed by atoms with van der Waals surface area (Å²) in [4.78, 5) is 22.7. The molecule has 1 amide bonds. The molecule has 0 atom stereocenters. The summed E-state index contributed by atoms with van der Waals surface area (Å²) in [5, 5.41) is 4.35. The summed E-state index contributed by atoms with van der Waals surface area (Å²) >= 11 is 11.9. The number of aromatic nitrogens is 4. The lowest BCUT2D eigenvalue weighted by atomic mass is 10.1. The minimum Gasteiger partial charge on any atom is -0.340 e. The average molecular weight is 494 g/mol. The first-order valence-electron chi connectivity index (χ1n) is 9.72. The summed E-state index contributed by atoms with van der Waals surface area (Å²) in [5.74, 6) is -0.527. The second-order valence-corrected chi connectivity index (χ2v) is 8.07. The summed E-state index contributed by atoms with van der Waals surface area (Å²) in [7, 11) is 1.55. The van der Waals surface area contributed by atoms with E-state index in [1.807, 2.05) is 12.1 Å². The van der Waals surface area contributed by atoms with Gasteiger partial charge in [-0.3, -0.25) is 9.78 Å². The number of hydrogen-bond acceptors (Lipinski definition) is 4. The predicted octanol–water partition coefficient (Wildman–Crippen LogP) is 5.43. The van der Waals surface area contributed by atoms with Crippen molar-refractivity contribution >= 4 is 34.8 Å². The van der Waals surface area contributed by atoms with Crippen LogP contribution in [-0.2, 0) is 12.6 Å². The minimum absolute atomic E-state index is 0.0239. The quantitative estimate of drug-likeness (QED) is 0.371. The number of likely N-dealkylation sites (N-methyl/N-ethyl adjacent to an activating group) is 1. The van der Waals surface area contributed by atoms with E-state index in [9.17, 15) is 18.0 Å². The van der Waals surface area contributed by atoms with Crippen LogP contribution in [0.2, 0.25) is 10.0 Å². The van der Waals surface area contributed by atoms with Crippen LogP contribution in [0.15, 0.2) is 54.7 Å². The van der Waals surface area contributed by atoms with Gasteiger partial charge >= 0.3 is 6.18 Å². The largest absolute Gasteiger partial charge is 0.433 e. The van der Waals surface area contributed by atoms with Crippen molar-refractivity contribution in [2.45, 2.75) is 12.6 Å². The Labute approximate surface area is 196 Å². The van der Waals surface area contributed by atoms with Crippen molar-refractivity contribution in [2.24, 2.45) is 0 Å². The van der Waals surface area contributed by atoms with Gasteiger partial charge in [-0.1, -0.05) is 35.3 Å². The molecule has 0 spiro atoms. The molecule has 0 aliphatic heterocycles. The molecule has 0 unspecified atom stereocenters. The highest BCUT2D eigenvalue weighted by Gasteiger charge is 2.36. The minimum atomic E-state index is -4.73. The topological polar surface area (TPSA) is 63.4 Å². The Balaban J connectivity index is 1.69. The van der Waals surface area contributed by atoms with Crippen LogP contribution in [0.3, 0.4) is 0 Å². The molecule has 0 N–H and O–H groups in total. The van der Waals surface area contributed by atoms with E-state index < -0.39 is 17.8 Å². The number of benzene rings is 1. The first-order chi connectivity index (χ1) is 15.6. The van der Waals surface area contributed by atoms with Gasteiger partial charge in [-0.15, -0.1) is 0 Å². The van der Waals surface area contributed by atoms with Crippen molar-refractivity contribution in [1.82, 2.24) is 24.5 Å². The lowest BCUT2D eigenvalue weighted by Crippen LogP contribution is -2.29. The third-order valence-electron chi connectivity index (χ3n) is 4.93. The standard InChI is InChI=1S/C22H16Cl2F3N5O/c1-31(9-7-14-4-2-3-8-28-14)21(33)18-12-20-29-17(13-5-6-15(23)16(24)10-13)11-19(22(25,26)27)32(20)30-18/h2-6,8,10-12H,7,9H2,1H3. The van der Waals surface area contributed by atoms with Gasteiger partial charge in [0.2, 0.25) is 0 Å². The number of fused-ring (bicyclic) bond motifs is 1. The summed E-state index contributed by atoms with van der Waals surface area (Å²) in [6.07, 6.45) is -2.59. The molecular weight excluding hydrogens is 478 g/mol. The Bertz CT molecular complexity index is 1330. The predicted molar refractivity (Wildman–Crippen MR) is 118 cm³/mol. The summed E-state index contributed by atoms with van der Waals surface area (Å²) in [6.45, 7) is 0.317. The maximum Gasteiger partial charge on any atom is 0.433 e. The fraction of sp³-hybridized carbons (Fsp3) is 0.182. The van der Waals surface area contributed by atoms with Crippen LogP contribution in [0.5, 0.6) is 0 Å². The highest BCUT2D eigenvalue weighted by Crippen LogP contribution is 2.34. The second kappa shape index (κ2) is 8.99. The van der Waals surface area contributed by atoms with Gasteiger partial charge in [-0.05, 0) is 30.3 Å². The van der Waals surface area contributed by atoms with Gasteiger partial charge in [-0.2, -0.15) is 18.3 Å². The van der Waals surface area contributed by atoms with Gasteiger partial charge in [-0.25, -0.2) is 9.50 Å². The summed E-state index contributed by atoms with van der Waals surface area (Å²) in [6, 6.07) is 12.0. The number of nitrogens with zero attached hydrogens (tertiary/aromatic N) is 5.